The Hall–Kier alpha value is -3.86. The van der Waals surface area contributed by atoms with Crippen molar-refractivity contribution in [2.24, 2.45) is 0 Å². The minimum atomic E-state index is -5.13. The lowest BCUT2D eigenvalue weighted by Crippen LogP contribution is -2.52. The van der Waals surface area contributed by atoms with E-state index in [1.807, 2.05) is 0 Å². The topological polar surface area (TPSA) is 155 Å². The van der Waals surface area contributed by atoms with Gasteiger partial charge in [-0.15, -0.1) is 0 Å². The molecule has 1 aliphatic rings. The number of carbonyl (C=O) groups is 3. The van der Waals surface area contributed by atoms with Gasteiger partial charge in [0.05, 0.1) is 16.7 Å². The van der Waals surface area contributed by atoms with E-state index in [1.54, 1.807) is 54.6 Å². The van der Waals surface area contributed by atoms with Crippen molar-refractivity contribution in [3.8, 4) is 0 Å². The third kappa shape index (κ3) is 8.06. The Labute approximate surface area is 223 Å². The van der Waals surface area contributed by atoms with Crippen LogP contribution in [0.2, 0.25) is 0 Å². The molecule has 0 unspecified atom stereocenters. The molecule has 0 amide bonds. The minimum absolute atomic E-state index is 0.171. The molecule has 11 nitrogen and oxygen atoms in total. The van der Waals surface area contributed by atoms with E-state index in [1.165, 1.54) is 36.4 Å². The van der Waals surface area contributed by atoms with Crippen LogP contribution in [0.1, 0.15) is 37.5 Å². The average molecular weight is 556 g/mol. The van der Waals surface area contributed by atoms with Gasteiger partial charge in [0.15, 0.2) is 6.10 Å². The van der Waals surface area contributed by atoms with Crippen LogP contribution in [0.25, 0.3) is 0 Å². The van der Waals surface area contributed by atoms with Crippen LogP contribution < -0.4 is 0 Å². The van der Waals surface area contributed by atoms with Crippen molar-refractivity contribution in [2.75, 3.05) is 6.61 Å². The fourth-order valence-electron chi connectivity index (χ4n) is 3.82. The van der Waals surface area contributed by atoms with Gasteiger partial charge in [0, 0.05) is 6.42 Å². The fourth-order valence-corrected chi connectivity index (χ4v) is 4.27. The third-order valence-electron chi connectivity index (χ3n) is 5.66. The van der Waals surface area contributed by atoms with Crippen LogP contribution in [0.4, 0.5) is 0 Å². The summed E-state index contributed by atoms with van der Waals surface area (Å²) in [6.07, 6.45) is -5.78. The number of phosphoric acid groups is 1. The summed E-state index contributed by atoms with van der Waals surface area (Å²) in [5.74, 6) is -2.24. The number of hydrogen-bond donors (Lipinski definition) is 2. The van der Waals surface area contributed by atoms with Gasteiger partial charge in [-0.1, -0.05) is 54.6 Å². The summed E-state index contributed by atoms with van der Waals surface area (Å²) in [7, 11) is -5.13. The lowest BCUT2D eigenvalue weighted by atomic mass is 10.0. The first kappa shape index (κ1) is 28.2. The van der Waals surface area contributed by atoms with Crippen LogP contribution in [-0.2, 0) is 28.0 Å². The predicted molar refractivity (Wildman–Crippen MR) is 134 cm³/mol. The SMILES string of the molecule is O=C(OC[C@H]1O[C@H](OP(=O)(O)O)[C@H](OC(=O)c2ccccc2)C[C@@H]1OC(=O)c1ccccc1)c1ccccc1. The van der Waals surface area contributed by atoms with E-state index < -0.39 is 56.9 Å². The molecule has 0 bridgehead atoms. The van der Waals surface area contributed by atoms with Gasteiger partial charge < -0.3 is 28.7 Å². The molecule has 39 heavy (non-hydrogen) atoms. The molecule has 1 aliphatic heterocycles. The highest BCUT2D eigenvalue weighted by Crippen LogP contribution is 2.41. The van der Waals surface area contributed by atoms with Gasteiger partial charge in [0.25, 0.3) is 0 Å². The van der Waals surface area contributed by atoms with E-state index in [2.05, 4.69) is 0 Å². The quantitative estimate of drug-likeness (QED) is 0.226. The molecular weight excluding hydrogens is 531 g/mol. The van der Waals surface area contributed by atoms with Crippen LogP contribution in [-0.4, -0.2) is 58.9 Å². The maximum Gasteiger partial charge on any atom is 0.472 e. The van der Waals surface area contributed by atoms with E-state index in [0.717, 1.165) is 0 Å². The number of carbonyl (C=O) groups excluding carboxylic acids is 3. The fraction of sp³-hybridized carbons (Fsp3) is 0.222. The largest absolute Gasteiger partial charge is 0.472 e. The van der Waals surface area contributed by atoms with E-state index in [-0.39, 0.29) is 23.1 Å². The molecular formula is C27H25O11P. The van der Waals surface area contributed by atoms with E-state index in [9.17, 15) is 28.7 Å². The van der Waals surface area contributed by atoms with Crippen molar-refractivity contribution in [2.45, 2.75) is 31.0 Å². The first-order valence-electron chi connectivity index (χ1n) is 11.8. The molecule has 4 atom stereocenters. The molecule has 0 aliphatic carbocycles. The zero-order valence-electron chi connectivity index (χ0n) is 20.4. The van der Waals surface area contributed by atoms with Crippen LogP contribution in [0.15, 0.2) is 91.0 Å². The summed E-state index contributed by atoms with van der Waals surface area (Å²) in [6.45, 7) is -0.458. The van der Waals surface area contributed by atoms with Crippen LogP contribution in [0.5, 0.6) is 0 Å². The van der Waals surface area contributed by atoms with Gasteiger partial charge in [-0.05, 0) is 36.4 Å². The number of ether oxygens (including phenoxy) is 4. The van der Waals surface area contributed by atoms with Crippen LogP contribution in [0.3, 0.4) is 0 Å². The maximum absolute atomic E-state index is 12.8. The first-order chi connectivity index (χ1) is 18.7. The van der Waals surface area contributed by atoms with Gasteiger partial charge in [0.1, 0.15) is 18.8 Å². The monoisotopic (exact) mass is 556 g/mol. The summed E-state index contributed by atoms with van der Waals surface area (Å²) >= 11 is 0. The third-order valence-corrected chi connectivity index (χ3v) is 6.14. The Kier molecular flexibility index (Phi) is 9.23. The van der Waals surface area contributed by atoms with Crippen molar-refractivity contribution in [3.05, 3.63) is 108 Å². The second kappa shape index (κ2) is 12.8. The second-order valence-corrected chi connectivity index (χ2v) is 9.65. The molecule has 1 fully saturated rings. The highest BCUT2D eigenvalue weighted by molar-refractivity contribution is 7.46. The zero-order valence-corrected chi connectivity index (χ0v) is 21.3. The number of phosphoric ester groups is 1. The minimum Gasteiger partial charge on any atom is -0.459 e. The Morgan fingerprint density at radius 1 is 0.718 bits per heavy atom. The Balaban J connectivity index is 1.56. The summed E-state index contributed by atoms with van der Waals surface area (Å²) in [5.41, 5.74) is 0.650. The molecule has 2 N–H and O–H groups in total. The van der Waals surface area contributed by atoms with Crippen molar-refractivity contribution in [1.82, 2.24) is 0 Å². The Bertz CT molecular complexity index is 1310. The molecule has 1 heterocycles. The highest BCUT2D eigenvalue weighted by atomic mass is 31.2. The predicted octanol–water partition coefficient (Wildman–Crippen LogP) is 3.52. The molecule has 0 spiro atoms. The normalized spacial score (nSPS) is 21.0. The lowest BCUT2D eigenvalue weighted by molar-refractivity contribution is -0.244. The highest BCUT2D eigenvalue weighted by Gasteiger charge is 2.46. The van der Waals surface area contributed by atoms with Gasteiger partial charge >= 0.3 is 25.7 Å². The Morgan fingerprint density at radius 3 is 1.62 bits per heavy atom. The summed E-state index contributed by atoms with van der Waals surface area (Å²) in [6, 6.07) is 24.0. The molecule has 0 saturated carbocycles. The Morgan fingerprint density at radius 2 is 1.15 bits per heavy atom. The van der Waals surface area contributed by atoms with Crippen molar-refractivity contribution < 1.29 is 52.2 Å². The van der Waals surface area contributed by atoms with Crippen molar-refractivity contribution in [1.29, 1.82) is 0 Å². The molecule has 4 rings (SSSR count). The second-order valence-electron chi connectivity index (χ2n) is 8.46. The summed E-state index contributed by atoms with van der Waals surface area (Å²) < 4.78 is 38.6. The van der Waals surface area contributed by atoms with Crippen molar-refractivity contribution >= 4 is 25.7 Å². The average Bonchev–Trinajstić information content (AvgIpc) is 2.94. The lowest BCUT2D eigenvalue weighted by Gasteiger charge is -2.39. The molecule has 204 valence electrons. The van der Waals surface area contributed by atoms with Gasteiger partial charge in [-0.3, -0.25) is 4.52 Å². The molecule has 3 aromatic carbocycles. The summed E-state index contributed by atoms with van der Waals surface area (Å²) in [4.78, 5) is 57.0. The van der Waals surface area contributed by atoms with Gasteiger partial charge in [-0.25, -0.2) is 18.9 Å². The number of hydrogen-bond acceptors (Lipinski definition) is 9. The maximum atomic E-state index is 12.8. The smallest absolute Gasteiger partial charge is 0.459 e. The van der Waals surface area contributed by atoms with E-state index in [0.29, 0.717) is 0 Å². The molecule has 1 saturated heterocycles. The number of esters is 3. The zero-order chi connectivity index (χ0) is 27.8. The van der Waals surface area contributed by atoms with Crippen LogP contribution in [0, 0.1) is 0 Å². The molecule has 0 aromatic heterocycles. The van der Waals surface area contributed by atoms with Crippen LogP contribution >= 0.6 is 7.82 Å². The van der Waals surface area contributed by atoms with Gasteiger partial charge in [-0.2, -0.15) is 0 Å². The standard InChI is InChI=1S/C27H25O11P/c28-24(18-10-4-1-5-11-18)34-17-23-21(35-25(29)19-12-6-2-7-13-19)16-22(27(37-23)38-39(31,32)33)36-26(30)20-14-8-3-9-15-20/h1-15,21-23,27H,16-17H2,(H2,31,32,33)/t21-,22+,23+,27+/m0/s1. The molecule has 12 heteroatoms. The van der Waals surface area contributed by atoms with Gasteiger partial charge in [0.2, 0.25) is 6.29 Å². The molecule has 3 aromatic rings. The summed E-state index contributed by atoms with van der Waals surface area (Å²) in [5, 5.41) is 0. The van der Waals surface area contributed by atoms with E-state index in [4.69, 9.17) is 23.5 Å². The van der Waals surface area contributed by atoms with E-state index >= 15 is 0 Å². The number of rotatable bonds is 9. The first-order valence-corrected chi connectivity index (χ1v) is 13.4. The number of benzene rings is 3. The molecule has 0 radical (unpaired) electrons. The van der Waals surface area contributed by atoms with Crippen molar-refractivity contribution in [3.63, 3.8) is 0 Å².